The Hall–Kier alpha value is -4.19. The first kappa shape index (κ1) is 24.9. The number of carbonyl (C=O) groups excluding carboxylic acids is 1. The molecule has 0 bridgehead atoms. The molecule has 4 rings (SSSR count). The Bertz CT molecular complexity index is 1500. The first-order valence-corrected chi connectivity index (χ1v) is 10.7. The van der Waals surface area contributed by atoms with Crippen LogP contribution in [0.2, 0.25) is 0 Å². The van der Waals surface area contributed by atoms with Crippen LogP contribution in [0.15, 0.2) is 67.0 Å². The Morgan fingerprint density at radius 1 is 0.889 bits per heavy atom. The smallest absolute Gasteiger partial charge is 0.374 e. The zero-order chi connectivity index (χ0) is 25.7. The van der Waals surface area contributed by atoms with Crippen LogP contribution < -0.4 is 20.3 Å². The number of ether oxygens (including phenoxy) is 3. The maximum Gasteiger partial charge on any atom is 0.374 e. The van der Waals surface area contributed by atoms with Crippen LogP contribution in [-0.2, 0) is 21.1 Å². The lowest BCUT2D eigenvalue weighted by atomic mass is 10.2. The topological polar surface area (TPSA) is 144 Å². The van der Waals surface area contributed by atoms with Crippen molar-refractivity contribution in [3.8, 4) is 11.5 Å². The van der Waals surface area contributed by atoms with E-state index in [1.807, 2.05) is 0 Å². The number of rotatable bonds is 10. The summed E-state index contributed by atoms with van der Waals surface area (Å²) in [5.74, 6) is -0.361. The highest BCUT2D eigenvalue weighted by molar-refractivity contribution is 5.90. The van der Waals surface area contributed by atoms with Crippen LogP contribution in [0.25, 0.3) is 21.9 Å². The molecule has 0 saturated carbocycles. The predicted molar refractivity (Wildman–Crippen MR) is 125 cm³/mol. The third kappa shape index (κ3) is 5.38. The highest BCUT2D eigenvalue weighted by Gasteiger charge is 2.17. The molecular formula is C25H22O11. The van der Waals surface area contributed by atoms with Gasteiger partial charge in [0.15, 0.2) is 10.9 Å². The molecule has 0 aliphatic heterocycles. The third-order valence-corrected chi connectivity index (χ3v) is 5.05. The van der Waals surface area contributed by atoms with E-state index in [-0.39, 0.29) is 70.2 Å². The monoisotopic (exact) mass is 498 g/mol. The number of hydrogen-bond acceptors (Lipinski definition) is 11. The van der Waals surface area contributed by atoms with Crippen LogP contribution in [0, 0.1) is 0 Å². The summed E-state index contributed by atoms with van der Waals surface area (Å²) in [6.07, 6.45) is -1.11. The van der Waals surface area contributed by atoms with Gasteiger partial charge in [-0.3, -0.25) is 9.59 Å². The van der Waals surface area contributed by atoms with Crippen LogP contribution >= 0.6 is 0 Å². The van der Waals surface area contributed by atoms with Gasteiger partial charge in [0, 0.05) is 12.1 Å². The summed E-state index contributed by atoms with van der Waals surface area (Å²) >= 11 is 0. The Labute approximate surface area is 203 Å². The van der Waals surface area contributed by atoms with Gasteiger partial charge in [-0.2, -0.15) is 0 Å². The molecular weight excluding hydrogens is 476 g/mol. The van der Waals surface area contributed by atoms with E-state index in [4.69, 9.17) is 23.2 Å². The summed E-state index contributed by atoms with van der Waals surface area (Å²) in [5, 5.41) is 10.7. The van der Waals surface area contributed by atoms with Crippen LogP contribution in [0.1, 0.15) is 16.3 Å². The Kier molecular flexibility index (Phi) is 7.64. The molecule has 0 spiro atoms. The molecule has 0 fully saturated rings. The molecule has 2 heterocycles. The average Bonchev–Trinajstić information content (AvgIpc) is 2.88. The lowest BCUT2D eigenvalue weighted by Gasteiger charge is -2.15. The SMILES string of the molecule is COOCc1cc(=O)c2c(OCC(O)COc3cccc4oc(C(=O)OC)cc(=O)c34)cccc2o1. The molecule has 1 N–H and O–H groups in total. The Morgan fingerprint density at radius 3 is 2.06 bits per heavy atom. The van der Waals surface area contributed by atoms with Crippen LogP contribution in [0.4, 0.5) is 0 Å². The number of esters is 1. The zero-order valence-electron chi connectivity index (χ0n) is 19.3. The van der Waals surface area contributed by atoms with Gasteiger partial charge in [0.2, 0.25) is 5.76 Å². The highest BCUT2D eigenvalue weighted by Crippen LogP contribution is 2.25. The van der Waals surface area contributed by atoms with Crippen molar-refractivity contribution in [2.75, 3.05) is 27.4 Å². The number of aliphatic hydroxyl groups is 1. The number of carbonyl (C=O) groups is 1. The fourth-order valence-corrected chi connectivity index (χ4v) is 3.46. The number of fused-ring (bicyclic) bond motifs is 2. The minimum Gasteiger partial charge on any atom is -0.490 e. The lowest BCUT2D eigenvalue weighted by Crippen LogP contribution is -2.25. The molecule has 2 aromatic heterocycles. The number of methoxy groups -OCH3 is 1. The van der Waals surface area contributed by atoms with E-state index in [1.54, 1.807) is 24.3 Å². The maximum absolute atomic E-state index is 12.6. The minimum absolute atomic E-state index is 0.0423. The normalized spacial score (nSPS) is 12.0. The standard InChI is InChI=1S/C25H22O11/c1-30-25(29)22-10-17(28)24-19(6-4-8-21(24)36-22)33-12-14(26)11-32-18-5-3-7-20-23(18)16(27)9-15(35-20)13-34-31-2/h3-10,14,26H,11-13H2,1-2H3. The van der Waals surface area contributed by atoms with Gasteiger partial charge in [0.25, 0.3) is 0 Å². The van der Waals surface area contributed by atoms with Gasteiger partial charge in [-0.1, -0.05) is 12.1 Å². The first-order valence-electron chi connectivity index (χ1n) is 10.7. The first-order chi connectivity index (χ1) is 17.4. The highest BCUT2D eigenvalue weighted by atomic mass is 17.2. The van der Waals surface area contributed by atoms with E-state index in [0.717, 1.165) is 6.07 Å². The second-order valence-corrected chi connectivity index (χ2v) is 7.51. The van der Waals surface area contributed by atoms with E-state index in [0.29, 0.717) is 0 Å². The summed E-state index contributed by atoms with van der Waals surface area (Å²) in [7, 11) is 2.52. The van der Waals surface area contributed by atoms with Gasteiger partial charge in [-0.15, -0.1) is 0 Å². The molecule has 1 unspecified atom stereocenters. The number of aliphatic hydroxyl groups excluding tert-OH is 1. The average molecular weight is 498 g/mol. The van der Waals surface area contributed by atoms with Crippen molar-refractivity contribution >= 4 is 27.9 Å². The van der Waals surface area contributed by atoms with Gasteiger partial charge in [0.1, 0.15) is 65.1 Å². The number of benzene rings is 2. The maximum atomic E-state index is 12.6. The molecule has 0 radical (unpaired) electrons. The van der Waals surface area contributed by atoms with Crippen molar-refractivity contribution in [1.82, 2.24) is 0 Å². The van der Waals surface area contributed by atoms with Crippen LogP contribution in [0.5, 0.6) is 11.5 Å². The van der Waals surface area contributed by atoms with Crippen LogP contribution in [-0.4, -0.2) is 44.6 Å². The Morgan fingerprint density at radius 2 is 1.47 bits per heavy atom. The lowest BCUT2D eigenvalue weighted by molar-refractivity contribution is -0.284. The second kappa shape index (κ2) is 11.0. The summed E-state index contributed by atoms with van der Waals surface area (Å²) in [6, 6.07) is 11.7. The van der Waals surface area contributed by atoms with Crippen LogP contribution in [0.3, 0.4) is 0 Å². The molecule has 0 saturated heterocycles. The van der Waals surface area contributed by atoms with Crippen molar-refractivity contribution < 1.29 is 42.7 Å². The summed E-state index contributed by atoms with van der Waals surface area (Å²) in [6.45, 7) is -0.479. The van der Waals surface area contributed by atoms with Crippen molar-refractivity contribution in [3.63, 3.8) is 0 Å². The zero-order valence-corrected chi connectivity index (χ0v) is 19.3. The summed E-state index contributed by atoms with van der Waals surface area (Å²) in [5.41, 5.74) is -0.435. The molecule has 0 amide bonds. The van der Waals surface area contributed by atoms with E-state index >= 15 is 0 Å². The fraction of sp³-hybridized carbons (Fsp3) is 0.240. The largest absolute Gasteiger partial charge is 0.490 e. The van der Waals surface area contributed by atoms with E-state index in [1.165, 1.54) is 32.4 Å². The van der Waals surface area contributed by atoms with Gasteiger partial charge in [-0.25, -0.2) is 14.6 Å². The van der Waals surface area contributed by atoms with E-state index in [9.17, 15) is 19.5 Å². The van der Waals surface area contributed by atoms with Gasteiger partial charge in [0.05, 0.1) is 14.2 Å². The van der Waals surface area contributed by atoms with Gasteiger partial charge < -0.3 is 28.2 Å². The third-order valence-electron chi connectivity index (χ3n) is 5.05. The fourth-order valence-electron chi connectivity index (χ4n) is 3.46. The molecule has 0 aliphatic rings. The minimum atomic E-state index is -1.11. The van der Waals surface area contributed by atoms with Crippen molar-refractivity contribution in [3.05, 3.63) is 80.5 Å². The van der Waals surface area contributed by atoms with Gasteiger partial charge >= 0.3 is 5.97 Å². The van der Waals surface area contributed by atoms with Crippen molar-refractivity contribution in [2.45, 2.75) is 12.7 Å². The summed E-state index contributed by atoms with van der Waals surface area (Å²) in [4.78, 5) is 46.1. The molecule has 4 aromatic rings. The molecule has 188 valence electrons. The quantitative estimate of drug-likeness (QED) is 0.196. The van der Waals surface area contributed by atoms with Crippen molar-refractivity contribution in [2.24, 2.45) is 0 Å². The van der Waals surface area contributed by atoms with Gasteiger partial charge in [-0.05, 0) is 24.3 Å². The predicted octanol–water partition coefficient (Wildman–Crippen LogP) is 2.58. The molecule has 36 heavy (non-hydrogen) atoms. The second-order valence-electron chi connectivity index (χ2n) is 7.51. The Balaban J connectivity index is 1.46. The molecule has 0 aliphatic carbocycles. The summed E-state index contributed by atoms with van der Waals surface area (Å²) < 4.78 is 26.9. The van der Waals surface area contributed by atoms with Crippen molar-refractivity contribution in [1.29, 1.82) is 0 Å². The number of hydrogen-bond donors (Lipinski definition) is 1. The molecule has 11 nitrogen and oxygen atoms in total. The molecule has 11 heteroatoms. The molecule has 1 atom stereocenters. The van der Waals surface area contributed by atoms with E-state index in [2.05, 4.69) is 9.62 Å². The molecule has 2 aromatic carbocycles. The van der Waals surface area contributed by atoms with E-state index < -0.39 is 17.5 Å².